The fourth-order valence-electron chi connectivity index (χ4n) is 2.78. The Hall–Kier alpha value is -2.19. The molecule has 2 aromatic rings. The van der Waals surface area contributed by atoms with Crippen molar-refractivity contribution in [2.75, 3.05) is 0 Å². The Morgan fingerprint density at radius 1 is 1.29 bits per heavy atom. The van der Waals surface area contributed by atoms with Gasteiger partial charge in [-0.15, -0.1) is 0 Å². The molecule has 24 heavy (non-hydrogen) atoms. The molecular weight excluding hydrogens is 339 g/mol. The van der Waals surface area contributed by atoms with Crippen LogP contribution in [0.1, 0.15) is 27.9 Å². The minimum Gasteiger partial charge on any atom is -0.326 e. The molecule has 1 aromatic heterocycles. The van der Waals surface area contributed by atoms with Gasteiger partial charge in [0.1, 0.15) is 0 Å². The van der Waals surface area contributed by atoms with E-state index < -0.39 is 11.7 Å². The molecule has 0 atom stereocenters. The number of aromatic nitrogens is 2. The number of hydrogen-bond donors (Lipinski definition) is 2. The van der Waals surface area contributed by atoms with Crippen molar-refractivity contribution >= 4 is 18.3 Å². The van der Waals surface area contributed by atoms with Crippen LogP contribution in [0.15, 0.2) is 29.1 Å². The quantitative estimate of drug-likeness (QED) is 0.834. The first-order valence-corrected chi connectivity index (χ1v) is 7.63. The largest absolute Gasteiger partial charge is 0.416 e. The Labute approximate surface area is 140 Å². The number of nitrogens with two attached hydrogens (primary N) is 1. The molecule has 1 heterocycles. The summed E-state index contributed by atoms with van der Waals surface area (Å²) in [4.78, 5) is 14.5. The van der Waals surface area contributed by atoms with Crippen LogP contribution in [0.25, 0.3) is 6.08 Å². The number of aromatic amines is 1. The highest BCUT2D eigenvalue weighted by molar-refractivity contribution is 7.71. The third-order valence-electron chi connectivity index (χ3n) is 4.02. The Morgan fingerprint density at radius 3 is 2.71 bits per heavy atom. The van der Waals surface area contributed by atoms with Crippen molar-refractivity contribution < 1.29 is 13.2 Å². The predicted octanol–water partition coefficient (Wildman–Crippen LogP) is 3.00. The molecule has 0 amide bonds. The lowest BCUT2D eigenvalue weighted by molar-refractivity contribution is -0.137. The van der Waals surface area contributed by atoms with Crippen molar-refractivity contribution in [1.82, 2.24) is 9.55 Å². The van der Waals surface area contributed by atoms with Crippen molar-refractivity contribution in [2.45, 2.75) is 25.7 Å². The second-order valence-corrected chi connectivity index (χ2v) is 5.89. The van der Waals surface area contributed by atoms with Gasteiger partial charge in [-0.1, -0.05) is 12.1 Å². The summed E-state index contributed by atoms with van der Waals surface area (Å²) in [5.74, 6) is 0. The highest BCUT2D eigenvalue weighted by Crippen LogP contribution is 2.31. The van der Waals surface area contributed by atoms with Crippen LogP contribution in [0.3, 0.4) is 0 Å². The second-order valence-electron chi connectivity index (χ2n) is 5.50. The van der Waals surface area contributed by atoms with Crippen LogP contribution in [-0.4, -0.2) is 9.55 Å². The molecule has 1 aromatic carbocycles. The number of rotatable bonds is 3. The van der Waals surface area contributed by atoms with Crippen molar-refractivity contribution in [3.05, 3.63) is 67.3 Å². The molecule has 8 heteroatoms. The molecule has 1 aliphatic carbocycles. The molecular formula is C16H14F3N3OS. The molecule has 0 radical (unpaired) electrons. The number of hydrogen-bond acceptors (Lipinski definition) is 3. The standard InChI is InChI=1S/C16H14F3N3OS/c17-16(18,19)11-5-4-9(10(6-11)7-20)8-22-13-3-1-2-12(13)14(23)21-15(22)24/h1,3-6H,2,7-8,20H2,(H,21,23,24). The second kappa shape index (κ2) is 6.03. The number of fused-ring (bicyclic) bond motifs is 1. The van der Waals surface area contributed by atoms with E-state index in [0.717, 1.165) is 12.1 Å². The number of alkyl halides is 3. The maximum Gasteiger partial charge on any atom is 0.416 e. The molecule has 0 bridgehead atoms. The fourth-order valence-corrected chi connectivity index (χ4v) is 3.03. The van der Waals surface area contributed by atoms with E-state index in [9.17, 15) is 18.0 Å². The SMILES string of the molecule is NCc1cc(C(F)(F)F)ccc1Cn1c2c(c(=O)[nH]c1=S)CC=C2. The zero-order valence-corrected chi connectivity index (χ0v) is 13.3. The van der Waals surface area contributed by atoms with Gasteiger partial charge in [-0.3, -0.25) is 9.78 Å². The molecule has 0 unspecified atom stereocenters. The Kier molecular flexibility index (Phi) is 4.18. The van der Waals surface area contributed by atoms with Gasteiger partial charge in [-0.25, -0.2) is 0 Å². The third kappa shape index (κ3) is 2.94. The lowest BCUT2D eigenvalue weighted by atomic mass is 10.0. The van der Waals surface area contributed by atoms with Gasteiger partial charge in [-0.2, -0.15) is 13.2 Å². The van der Waals surface area contributed by atoms with E-state index in [-0.39, 0.29) is 23.4 Å². The first-order chi connectivity index (χ1) is 11.3. The molecule has 0 aliphatic heterocycles. The summed E-state index contributed by atoms with van der Waals surface area (Å²) < 4.78 is 40.5. The van der Waals surface area contributed by atoms with Crippen LogP contribution in [0, 0.1) is 4.77 Å². The number of allylic oxidation sites excluding steroid dienone is 1. The van der Waals surface area contributed by atoms with Crippen LogP contribution >= 0.6 is 12.2 Å². The first-order valence-electron chi connectivity index (χ1n) is 7.23. The molecule has 0 spiro atoms. The van der Waals surface area contributed by atoms with Crippen LogP contribution in [-0.2, 0) is 25.7 Å². The lowest BCUT2D eigenvalue weighted by Gasteiger charge is -2.16. The molecule has 0 saturated carbocycles. The number of halogens is 3. The average molecular weight is 353 g/mol. The van der Waals surface area contributed by atoms with Gasteiger partial charge in [0.2, 0.25) is 0 Å². The summed E-state index contributed by atoms with van der Waals surface area (Å²) in [6.07, 6.45) is -0.258. The van der Waals surface area contributed by atoms with Gasteiger partial charge in [0.05, 0.1) is 17.8 Å². The summed E-state index contributed by atoms with van der Waals surface area (Å²) in [5, 5.41) is 0. The molecule has 1 aliphatic rings. The molecule has 3 N–H and O–H groups in total. The molecule has 0 fully saturated rings. The number of nitrogens with one attached hydrogen (secondary N) is 1. The van der Waals surface area contributed by atoms with E-state index in [1.807, 2.05) is 6.08 Å². The number of benzene rings is 1. The van der Waals surface area contributed by atoms with Crippen LogP contribution < -0.4 is 11.3 Å². The van der Waals surface area contributed by atoms with E-state index >= 15 is 0 Å². The Morgan fingerprint density at radius 2 is 2.04 bits per heavy atom. The summed E-state index contributed by atoms with van der Waals surface area (Å²) in [7, 11) is 0. The van der Waals surface area contributed by atoms with Crippen LogP contribution in [0.4, 0.5) is 13.2 Å². The zero-order chi connectivity index (χ0) is 17.5. The highest BCUT2D eigenvalue weighted by Gasteiger charge is 2.30. The normalized spacial score (nSPS) is 13.3. The molecule has 4 nitrogen and oxygen atoms in total. The minimum absolute atomic E-state index is 0.0199. The van der Waals surface area contributed by atoms with E-state index in [0.29, 0.717) is 28.8 Å². The van der Waals surface area contributed by atoms with Gasteiger partial charge in [-0.05, 0) is 48.0 Å². The van der Waals surface area contributed by atoms with E-state index in [1.165, 1.54) is 6.07 Å². The monoisotopic (exact) mass is 353 g/mol. The molecule has 0 saturated heterocycles. The van der Waals surface area contributed by atoms with Crippen molar-refractivity contribution in [2.24, 2.45) is 5.73 Å². The topological polar surface area (TPSA) is 63.8 Å². The van der Waals surface area contributed by atoms with Crippen molar-refractivity contribution in [3.8, 4) is 0 Å². The smallest absolute Gasteiger partial charge is 0.326 e. The molecule has 3 rings (SSSR count). The summed E-state index contributed by atoms with van der Waals surface area (Å²) in [5.41, 5.74) is 6.97. The van der Waals surface area contributed by atoms with Gasteiger partial charge < -0.3 is 10.3 Å². The van der Waals surface area contributed by atoms with E-state index in [1.54, 1.807) is 10.6 Å². The maximum absolute atomic E-state index is 12.8. The van der Waals surface area contributed by atoms with E-state index in [2.05, 4.69) is 4.98 Å². The summed E-state index contributed by atoms with van der Waals surface area (Å²) >= 11 is 5.21. The summed E-state index contributed by atoms with van der Waals surface area (Å²) in [6, 6.07) is 3.49. The summed E-state index contributed by atoms with van der Waals surface area (Å²) in [6.45, 7) is 0.223. The van der Waals surface area contributed by atoms with Crippen LogP contribution in [0.5, 0.6) is 0 Å². The lowest BCUT2D eigenvalue weighted by Crippen LogP contribution is -2.21. The van der Waals surface area contributed by atoms with E-state index in [4.69, 9.17) is 18.0 Å². The third-order valence-corrected chi connectivity index (χ3v) is 4.34. The fraction of sp³-hybridized carbons (Fsp3) is 0.250. The predicted molar refractivity (Wildman–Crippen MR) is 87.1 cm³/mol. The minimum atomic E-state index is -4.42. The highest BCUT2D eigenvalue weighted by atomic mass is 32.1. The van der Waals surface area contributed by atoms with Crippen LogP contribution in [0.2, 0.25) is 0 Å². The number of nitrogens with zero attached hydrogens (tertiary/aromatic N) is 1. The van der Waals surface area contributed by atoms with Gasteiger partial charge in [0.15, 0.2) is 4.77 Å². The maximum atomic E-state index is 12.8. The van der Waals surface area contributed by atoms with Crippen molar-refractivity contribution in [3.63, 3.8) is 0 Å². The zero-order valence-electron chi connectivity index (χ0n) is 12.5. The molecule has 126 valence electrons. The van der Waals surface area contributed by atoms with Gasteiger partial charge in [0.25, 0.3) is 5.56 Å². The Balaban J connectivity index is 2.07. The Bertz CT molecular complexity index is 941. The first kappa shape index (κ1) is 16.7. The van der Waals surface area contributed by atoms with Crippen molar-refractivity contribution in [1.29, 1.82) is 0 Å². The van der Waals surface area contributed by atoms with Gasteiger partial charge >= 0.3 is 6.18 Å². The van der Waals surface area contributed by atoms with Gasteiger partial charge in [0, 0.05) is 12.1 Å². The average Bonchev–Trinajstić information content (AvgIpc) is 3.00. The number of H-pyrrole nitrogens is 1.